The van der Waals surface area contributed by atoms with Gasteiger partial charge in [-0.3, -0.25) is 14.5 Å². The second-order valence-electron chi connectivity index (χ2n) is 6.86. The highest BCUT2D eigenvalue weighted by Gasteiger charge is 2.35. The van der Waals surface area contributed by atoms with Gasteiger partial charge in [0.05, 0.1) is 23.6 Å². The van der Waals surface area contributed by atoms with Crippen LogP contribution in [0.5, 0.6) is 0 Å². The first kappa shape index (κ1) is 21.6. The number of carbonyl (C=O) groups excluding carboxylic acids is 3. The standard InChI is InChI=1S/C24H18FNO5S/c1-2-30-23(28)16-9-7-15(8-10-16)20-12-11-18(31-20)13-21-22(27)26(24(29)32-21)14-17-5-3-4-6-19(17)25/h3-13H,2,14H2,1H3/b21-13-. The summed E-state index contributed by atoms with van der Waals surface area (Å²) in [6, 6.07) is 16.2. The minimum absolute atomic E-state index is 0.134. The molecule has 6 nitrogen and oxygen atoms in total. The maximum Gasteiger partial charge on any atom is 0.338 e. The Kier molecular flexibility index (Phi) is 6.23. The highest BCUT2D eigenvalue weighted by molar-refractivity contribution is 8.18. The molecule has 0 N–H and O–H groups in total. The normalized spacial score (nSPS) is 14.9. The summed E-state index contributed by atoms with van der Waals surface area (Å²) >= 11 is 0.781. The number of halogens is 1. The molecule has 0 bridgehead atoms. The predicted octanol–water partition coefficient (Wildman–Crippen LogP) is 5.50. The molecule has 3 aromatic rings. The Labute approximate surface area is 187 Å². The van der Waals surface area contributed by atoms with E-state index in [1.54, 1.807) is 55.5 Å². The number of thioether (sulfide) groups is 1. The van der Waals surface area contributed by atoms with Gasteiger partial charge in [0, 0.05) is 17.2 Å². The number of hydrogen-bond acceptors (Lipinski definition) is 6. The first-order valence-corrected chi connectivity index (χ1v) is 10.6. The molecule has 0 aliphatic carbocycles. The van der Waals surface area contributed by atoms with Gasteiger partial charge in [-0.2, -0.15) is 0 Å². The number of esters is 1. The van der Waals surface area contributed by atoms with Gasteiger partial charge in [-0.15, -0.1) is 0 Å². The third-order valence-electron chi connectivity index (χ3n) is 4.74. The van der Waals surface area contributed by atoms with Crippen LogP contribution in [0.25, 0.3) is 17.4 Å². The number of amides is 2. The Balaban J connectivity index is 1.49. The number of benzene rings is 2. The van der Waals surface area contributed by atoms with Crippen molar-refractivity contribution in [3.63, 3.8) is 0 Å². The minimum atomic E-state index is -0.500. The van der Waals surface area contributed by atoms with Crippen molar-refractivity contribution in [2.45, 2.75) is 13.5 Å². The van der Waals surface area contributed by atoms with Gasteiger partial charge >= 0.3 is 5.97 Å². The van der Waals surface area contributed by atoms with Crippen molar-refractivity contribution >= 4 is 35.0 Å². The zero-order valence-electron chi connectivity index (χ0n) is 17.0. The van der Waals surface area contributed by atoms with Crippen LogP contribution in [0.2, 0.25) is 0 Å². The van der Waals surface area contributed by atoms with Crippen molar-refractivity contribution in [3.8, 4) is 11.3 Å². The third kappa shape index (κ3) is 4.50. The molecule has 4 rings (SSSR count). The van der Waals surface area contributed by atoms with Gasteiger partial charge in [0.15, 0.2) is 0 Å². The summed E-state index contributed by atoms with van der Waals surface area (Å²) in [6.45, 7) is 1.91. The summed E-state index contributed by atoms with van der Waals surface area (Å²) in [5, 5.41) is -0.467. The van der Waals surface area contributed by atoms with Crippen LogP contribution in [0, 0.1) is 5.82 Å². The topological polar surface area (TPSA) is 76.8 Å². The summed E-state index contributed by atoms with van der Waals surface area (Å²) < 4.78 is 24.7. The molecule has 8 heteroatoms. The second-order valence-corrected chi connectivity index (χ2v) is 7.85. The van der Waals surface area contributed by atoms with Gasteiger partial charge in [-0.25, -0.2) is 9.18 Å². The van der Waals surface area contributed by atoms with E-state index in [2.05, 4.69) is 0 Å². The lowest BCUT2D eigenvalue weighted by Gasteiger charge is -2.12. The number of imide groups is 1. The van der Waals surface area contributed by atoms with E-state index < -0.39 is 22.9 Å². The SMILES string of the molecule is CCOC(=O)c1ccc(-c2ccc(/C=C3\SC(=O)N(Cc4ccccc4F)C3=O)o2)cc1. The van der Waals surface area contributed by atoms with E-state index in [1.807, 2.05) is 0 Å². The van der Waals surface area contributed by atoms with E-state index in [4.69, 9.17) is 9.15 Å². The molecule has 2 amide bonds. The molecule has 2 aromatic carbocycles. The molecule has 1 saturated heterocycles. The summed E-state index contributed by atoms with van der Waals surface area (Å²) in [5.41, 5.74) is 1.44. The summed E-state index contributed by atoms with van der Waals surface area (Å²) in [6.07, 6.45) is 1.49. The Morgan fingerprint density at radius 3 is 2.56 bits per heavy atom. The first-order valence-electron chi connectivity index (χ1n) is 9.82. The quantitative estimate of drug-likeness (QED) is 0.364. The van der Waals surface area contributed by atoms with Crippen molar-refractivity contribution < 1.29 is 27.9 Å². The monoisotopic (exact) mass is 451 g/mol. The molecule has 0 atom stereocenters. The van der Waals surface area contributed by atoms with E-state index in [9.17, 15) is 18.8 Å². The van der Waals surface area contributed by atoms with E-state index in [-0.39, 0.29) is 17.0 Å². The van der Waals surface area contributed by atoms with Crippen molar-refractivity contribution in [1.82, 2.24) is 4.90 Å². The first-order chi connectivity index (χ1) is 15.5. The van der Waals surface area contributed by atoms with Crippen LogP contribution < -0.4 is 0 Å². The van der Waals surface area contributed by atoms with Crippen molar-refractivity contribution in [1.29, 1.82) is 0 Å². The van der Waals surface area contributed by atoms with Crippen LogP contribution in [0.1, 0.15) is 28.6 Å². The highest BCUT2D eigenvalue weighted by atomic mass is 32.2. The van der Waals surface area contributed by atoms with Crippen LogP contribution >= 0.6 is 11.8 Å². The second kappa shape index (κ2) is 9.23. The molecule has 1 aromatic heterocycles. The fraction of sp³-hybridized carbons (Fsp3) is 0.125. The molecular weight excluding hydrogens is 433 g/mol. The number of hydrogen-bond donors (Lipinski definition) is 0. The number of ether oxygens (including phenoxy) is 1. The smallest absolute Gasteiger partial charge is 0.338 e. The fourth-order valence-corrected chi connectivity index (χ4v) is 3.95. The maximum absolute atomic E-state index is 13.9. The summed E-state index contributed by atoms with van der Waals surface area (Å²) in [5.74, 6) is -0.437. The Morgan fingerprint density at radius 1 is 1.09 bits per heavy atom. The van der Waals surface area contributed by atoms with Gasteiger partial charge in [0.1, 0.15) is 17.3 Å². The largest absolute Gasteiger partial charge is 0.462 e. The molecule has 1 fully saturated rings. The molecule has 32 heavy (non-hydrogen) atoms. The zero-order chi connectivity index (χ0) is 22.7. The molecule has 0 radical (unpaired) electrons. The highest BCUT2D eigenvalue weighted by Crippen LogP contribution is 2.34. The molecule has 2 heterocycles. The number of nitrogens with zero attached hydrogens (tertiary/aromatic N) is 1. The van der Waals surface area contributed by atoms with E-state index >= 15 is 0 Å². The van der Waals surface area contributed by atoms with Gasteiger partial charge in [0.25, 0.3) is 11.1 Å². The average Bonchev–Trinajstić information content (AvgIpc) is 3.36. The van der Waals surface area contributed by atoms with Gasteiger partial charge in [-0.1, -0.05) is 30.3 Å². The molecule has 0 unspecified atom stereocenters. The molecule has 1 aliphatic heterocycles. The van der Waals surface area contributed by atoms with E-state index in [1.165, 1.54) is 18.2 Å². The molecule has 1 aliphatic rings. The Morgan fingerprint density at radius 2 is 1.84 bits per heavy atom. The van der Waals surface area contributed by atoms with Crippen molar-refractivity contribution in [3.05, 3.63) is 88.3 Å². The summed E-state index contributed by atoms with van der Waals surface area (Å²) in [7, 11) is 0. The maximum atomic E-state index is 13.9. The van der Waals surface area contributed by atoms with Crippen LogP contribution in [0.4, 0.5) is 9.18 Å². The van der Waals surface area contributed by atoms with Crippen LogP contribution in [-0.2, 0) is 16.1 Å². The van der Waals surface area contributed by atoms with Crippen molar-refractivity contribution in [2.75, 3.05) is 6.61 Å². The Hall–Kier alpha value is -3.65. The number of furan rings is 1. The zero-order valence-corrected chi connectivity index (χ0v) is 17.9. The number of rotatable bonds is 6. The third-order valence-corrected chi connectivity index (χ3v) is 5.65. The molecule has 0 spiro atoms. The van der Waals surface area contributed by atoms with Crippen molar-refractivity contribution in [2.24, 2.45) is 0 Å². The predicted molar refractivity (Wildman–Crippen MR) is 118 cm³/mol. The lowest BCUT2D eigenvalue weighted by molar-refractivity contribution is -0.123. The van der Waals surface area contributed by atoms with E-state index in [0.29, 0.717) is 23.7 Å². The molecular formula is C24H18FNO5S. The van der Waals surface area contributed by atoms with Crippen LogP contribution in [0.15, 0.2) is 70.0 Å². The average molecular weight is 451 g/mol. The van der Waals surface area contributed by atoms with E-state index in [0.717, 1.165) is 22.2 Å². The Bertz CT molecular complexity index is 1220. The van der Waals surface area contributed by atoms with Crippen LogP contribution in [0.3, 0.4) is 0 Å². The lowest BCUT2D eigenvalue weighted by atomic mass is 10.1. The van der Waals surface area contributed by atoms with Gasteiger partial charge in [-0.05, 0) is 49.0 Å². The summed E-state index contributed by atoms with van der Waals surface area (Å²) in [4.78, 5) is 37.9. The van der Waals surface area contributed by atoms with Crippen LogP contribution in [-0.4, -0.2) is 28.6 Å². The lowest BCUT2D eigenvalue weighted by Crippen LogP contribution is -2.27. The van der Waals surface area contributed by atoms with Gasteiger partial charge in [0.2, 0.25) is 0 Å². The fourth-order valence-electron chi connectivity index (χ4n) is 3.13. The number of carbonyl (C=O) groups is 3. The minimum Gasteiger partial charge on any atom is -0.462 e. The van der Waals surface area contributed by atoms with Gasteiger partial charge < -0.3 is 9.15 Å². The molecule has 0 saturated carbocycles. The molecule has 162 valence electrons.